The topological polar surface area (TPSA) is 80.8 Å². The van der Waals surface area contributed by atoms with Crippen LogP contribution < -0.4 is 0 Å². The van der Waals surface area contributed by atoms with Crippen LogP contribution in [0.15, 0.2) is 23.3 Å². The van der Waals surface area contributed by atoms with E-state index in [2.05, 4.69) is 11.8 Å². The van der Waals surface area contributed by atoms with Crippen LogP contribution in [-0.2, 0) is 28.5 Å². The molecule has 0 saturated heterocycles. The Kier molecular flexibility index (Phi) is 17.6. The lowest BCUT2D eigenvalue weighted by atomic mass is 9.97. The van der Waals surface area contributed by atoms with E-state index < -0.39 is 0 Å². The predicted octanol–water partition coefficient (Wildman–Crippen LogP) is 2.04. The molecule has 2 amide bonds. The van der Waals surface area contributed by atoms with Crippen LogP contribution >= 0.6 is 0 Å². The molecule has 2 unspecified atom stereocenters. The average Bonchev–Trinajstić information content (AvgIpc) is 2.83. The molecule has 0 aromatic rings. The molecule has 9 nitrogen and oxygen atoms in total. The molecule has 198 valence electrons. The Morgan fingerprint density at radius 1 is 0.824 bits per heavy atom. The zero-order valence-electron chi connectivity index (χ0n) is 22.8. The highest BCUT2D eigenvalue weighted by atomic mass is 16.5. The lowest BCUT2D eigenvalue weighted by Crippen LogP contribution is -2.41. The number of hydrogen-bond acceptors (Lipinski definition) is 7. The van der Waals surface area contributed by atoms with Crippen molar-refractivity contribution in [3.05, 3.63) is 23.3 Å². The Hall–Kier alpha value is -1.78. The van der Waals surface area contributed by atoms with E-state index in [4.69, 9.17) is 18.9 Å². The number of carbonyl (C=O) groups excluding carboxylic acids is 2. The van der Waals surface area contributed by atoms with E-state index >= 15 is 0 Å². The summed E-state index contributed by atoms with van der Waals surface area (Å²) >= 11 is 0. The summed E-state index contributed by atoms with van der Waals surface area (Å²) in [4.78, 5) is 31.6. The normalized spacial score (nSPS) is 14.3. The van der Waals surface area contributed by atoms with Crippen LogP contribution in [0.25, 0.3) is 0 Å². The van der Waals surface area contributed by atoms with Crippen molar-refractivity contribution in [3.8, 4) is 0 Å². The number of ether oxygens (including phenoxy) is 4. The smallest absolute Gasteiger partial charge is 0.253 e. The van der Waals surface area contributed by atoms with E-state index in [1.807, 2.05) is 13.1 Å². The molecule has 0 fully saturated rings. The molecule has 0 aliphatic carbocycles. The molecule has 2 atom stereocenters. The molecule has 0 saturated carbocycles. The van der Waals surface area contributed by atoms with Gasteiger partial charge in [-0.3, -0.25) is 14.5 Å². The second kappa shape index (κ2) is 18.5. The minimum atomic E-state index is -0.242. The maximum Gasteiger partial charge on any atom is 0.253 e. The number of carbonyl (C=O) groups is 2. The van der Waals surface area contributed by atoms with E-state index in [0.717, 1.165) is 12.8 Å². The summed E-state index contributed by atoms with van der Waals surface area (Å²) in [6.07, 6.45) is 4.87. The lowest BCUT2D eigenvalue weighted by Gasteiger charge is -2.32. The van der Waals surface area contributed by atoms with Gasteiger partial charge in [-0.1, -0.05) is 13.0 Å². The Labute approximate surface area is 206 Å². The highest BCUT2D eigenvalue weighted by Gasteiger charge is 2.25. The third kappa shape index (κ3) is 11.6. The molecule has 9 heteroatoms. The molecule has 0 aliphatic rings. The molecule has 0 heterocycles. The van der Waals surface area contributed by atoms with Gasteiger partial charge >= 0.3 is 0 Å². The quantitative estimate of drug-likeness (QED) is 0.127. The van der Waals surface area contributed by atoms with E-state index in [0.29, 0.717) is 50.6 Å². The van der Waals surface area contributed by atoms with Crippen molar-refractivity contribution < 1.29 is 28.5 Å². The minimum Gasteiger partial charge on any atom is -0.385 e. The molecule has 0 aromatic heterocycles. The van der Waals surface area contributed by atoms with Gasteiger partial charge in [-0.25, -0.2) is 0 Å². The predicted molar refractivity (Wildman–Crippen MR) is 135 cm³/mol. The number of rotatable bonds is 18. The Bertz CT molecular complexity index is 653. The fourth-order valence-electron chi connectivity index (χ4n) is 3.55. The van der Waals surface area contributed by atoms with Crippen molar-refractivity contribution in [1.82, 2.24) is 14.7 Å². The monoisotopic (exact) mass is 485 g/mol. The van der Waals surface area contributed by atoms with Gasteiger partial charge in [0.1, 0.15) is 6.23 Å². The van der Waals surface area contributed by atoms with Gasteiger partial charge in [0, 0.05) is 85.8 Å². The average molecular weight is 486 g/mol. The standard InChI is InChI=1S/C25H47N3O6/c1-10-21(25(34-9)28(5)14-17-33-8)19-22(24(30)27(4)13-16-32-7)18-20(2)23(29)26(3)12-11-15-31-6/h18-19,21,25H,10-17H2,1-9H3/b20-18+,22-19+. The third-order valence-electron chi connectivity index (χ3n) is 5.68. The lowest BCUT2D eigenvalue weighted by molar-refractivity contribution is -0.126. The van der Waals surface area contributed by atoms with Crippen molar-refractivity contribution in [2.75, 3.05) is 89.0 Å². The van der Waals surface area contributed by atoms with Crippen LogP contribution in [0.5, 0.6) is 0 Å². The van der Waals surface area contributed by atoms with Gasteiger partial charge in [0.2, 0.25) is 5.91 Å². The second-order valence-corrected chi connectivity index (χ2v) is 8.41. The van der Waals surface area contributed by atoms with Crippen molar-refractivity contribution in [2.45, 2.75) is 32.9 Å². The van der Waals surface area contributed by atoms with Crippen LogP contribution in [-0.4, -0.2) is 122 Å². The molecular weight excluding hydrogens is 438 g/mol. The molecule has 0 bridgehead atoms. The molecule has 0 spiro atoms. The SMILES string of the molecule is CCC(/C=C(\C=C(/C)C(=O)N(C)CCCOC)C(=O)N(C)CCOC)C(OC)N(C)CCOC. The fraction of sp³-hybridized carbons (Fsp3) is 0.760. The Morgan fingerprint density at radius 2 is 1.38 bits per heavy atom. The van der Waals surface area contributed by atoms with Crippen LogP contribution in [0.2, 0.25) is 0 Å². The van der Waals surface area contributed by atoms with Crippen LogP contribution in [0.3, 0.4) is 0 Å². The van der Waals surface area contributed by atoms with E-state index in [-0.39, 0.29) is 24.0 Å². The minimum absolute atomic E-state index is 0.0692. The fourth-order valence-corrected chi connectivity index (χ4v) is 3.55. The Balaban J connectivity index is 6.04. The zero-order valence-corrected chi connectivity index (χ0v) is 22.8. The van der Waals surface area contributed by atoms with Gasteiger partial charge < -0.3 is 28.7 Å². The van der Waals surface area contributed by atoms with Gasteiger partial charge in [-0.2, -0.15) is 0 Å². The van der Waals surface area contributed by atoms with Crippen LogP contribution in [0.4, 0.5) is 0 Å². The highest BCUT2D eigenvalue weighted by Crippen LogP contribution is 2.21. The first-order valence-electron chi connectivity index (χ1n) is 11.8. The van der Waals surface area contributed by atoms with Crippen LogP contribution in [0.1, 0.15) is 26.7 Å². The van der Waals surface area contributed by atoms with Crippen molar-refractivity contribution in [1.29, 1.82) is 0 Å². The summed E-state index contributed by atoms with van der Waals surface area (Å²) < 4.78 is 21.2. The van der Waals surface area contributed by atoms with E-state index in [1.165, 1.54) is 0 Å². The number of amides is 2. The first-order valence-corrected chi connectivity index (χ1v) is 11.8. The van der Waals surface area contributed by atoms with Crippen molar-refractivity contribution >= 4 is 11.8 Å². The largest absolute Gasteiger partial charge is 0.385 e. The van der Waals surface area contributed by atoms with Gasteiger partial charge in [-0.05, 0) is 32.9 Å². The second-order valence-electron chi connectivity index (χ2n) is 8.41. The molecule has 34 heavy (non-hydrogen) atoms. The maximum atomic E-state index is 13.3. The molecule has 0 aromatic carbocycles. The summed E-state index contributed by atoms with van der Waals surface area (Å²) in [5.41, 5.74) is 0.958. The number of nitrogens with zero attached hydrogens (tertiary/aromatic N) is 3. The number of methoxy groups -OCH3 is 4. The number of hydrogen-bond donors (Lipinski definition) is 0. The van der Waals surface area contributed by atoms with E-state index in [9.17, 15) is 9.59 Å². The van der Waals surface area contributed by atoms with E-state index in [1.54, 1.807) is 65.3 Å². The molecule has 0 rings (SSSR count). The molecule has 0 N–H and O–H groups in total. The maximum absolute atomic E-state index is 13.3. The first kappa shape index (κ1) is 32.2. The van der Waals surface area contributed by atoms with Crippen LogP contribution in [0, 0.1) is 5.92 Å². The van der Waals surface area contributed by atoms with Gasteiger partial charge in [0.15, 0.2) is 0 Å². The van der Waals surface area contributed by atoms with Gasteiger partial charge in [0.05, 0.1) is 13.2 Å². The first-order chi connectivity index (χ1) is 16.2. The molecular formula is C25H47N3O6. The third-order valence-corrected chi connectivity index (χ3v) is 5.68. The molecule has 0 radical (unpaired) electrons. The summed E-state index contributed by atoms with van der Waals surface area (Å²) in [5.74, 6) is -0.359. The van der Waals surface area contributed by atoms with Crippen molar-refractivity contribution in [3.63, 3.8) is 0 Å². The zero-order chi connectivity index (χ0) is 26.1. The summed E-state index contributed by atoms with van der Waals surface area (Å²) in [7, 11) is 12.0. The number of likely N-dealkylation sites (N-methyl/N-ethyl adjacent to an activating group) is 3. The molecule has 0 aliphatic heterocycles. The summed E-state index contributed by atoms with van der Waals surface area (Å²) in [6.45, 7) is 7.10. The van der Waals surface area contributed by atoms with Gasteiger partial charge in [-0.15, -0.1) is 0 Å². The summed E-state index contributed by atoms with van der Waals surface area (Å²) in [5, 5.41) is 0. The van der Waals surface area contributed by atoms with Crippen molar-refractivity contribution in [2.24, 2.45) is 5.92 Å². The van der Waals surface area contributed by atoms with Gasteiger partial charge in [0.25, 0.3) is 5.91 Å². The Morgan fingerprint density at radius 3 is 1.91 bits per heavy atom. The summed E-state index contributed by atoms with van der Waals surface area (Å²) in [6, 6.07) is 0. The highest BCUT2D eigenvalue weighted by molar-refractivity contribution is 6.00.